The smallest absolute Gasteiger partial charge is 0.225 e. The molecule has 0 aliphatic heterocycles. The SMILES string of the molecule is CN(CCC1CCC1)C(=O)C1CCC(CCO)CC1. The van der Waals surface area contributed by atoms with Crippen LogP contribution in [0.15, 0.2) is 0 Å². The van der Waals surface area contributed by atoms with E-state index in [0.717, 1.165) is 44.6 Å². The van der Waals surface area contributed by atoms with Crippen molar-refractivity contribution in [2.75, 3.05) is 20.2 Å². The van der Waals surface area contributed by atoms with E-state index in [1.54, 1.807) is 0 Å². The maximum Gasteiger partial charge on any atom is 0.225 e. The maximum absolute atomic E-state index is 12.4. The highest BCUT2D eigenvalue weighted by Gasteiger charge is 2.28. The average molecular weight is 267 g/mol. The van der Waals surface area contributed by atoms with Gasteiger partial charge in [0.2, 0.25) is 5.91 Å². The van der Waals surface area contributed by atoms with Gasteiger partial charge in [0.15, 0.2) is 0 Å². The summed E-state index contributed by atoms with van der Waals surface area (Å²) in [6.07, 6.45) is 10.5. The molecule has 2 aliphatic rings. The topological polar surface area (TPSA) is 40.5 Å². The number of amides is 1. The predicted octanol–water partition coefficient (Wildman–Crippen LogP) is 2.82. The summed E-state index contributed by atoms with van der Waals surface area (Å²) in [4.78, 5) is 14.3. The fraction of sp³-hybridized carbons (Fsp3) is 0.938. The normalized spacial score (nSPS) is 27.9. The molecule has 0 bridgehead atoms. The number of carbonyl (C=O) groups is 1. The summed E-state index contributed by atoms with van der Waals surface area (Å²) in [7, 11) is 1.97. The first-order valence-electron chi connectivity index (χ1n) is 8.06. The molecule has 0 aromatic rings. The lowest BCUT2D eigenvalue weighted by atomic mass is 9.80. The molecule has 0 aromatic heterocycles. The van der Waals surface area contributed by atoms with Crippen LogP contribution in [0.1, 0.15) is 57.8 Å². The van der Waals surface area contributed by atoms with Crippen LogP contribution in [-0.4, -0.2) is 36.1 Å². The summed E-state index contributed by atoms with van der Waals surface area (Å²) in [5, 5.41) is 8.96. The Kier molecular flexibility index (Phi) is 5.68. The van der Waals surface area contributed by atoms with E-state index in [9.17, 15) is 4.79 Å². The molecule has 2 fully saturated rings. The van der Waals surface area contributed by atoms with Crippen molar-refractivity contribution in [1.29, 1.82) is 0 Å². The molecule has 3 nitrogen and oxygen atoms in total. The van der Waals surface area contributed by atoms with Crippen molar-refractivity contribution in [2.45, 2.75) is 57.8 Å². The molecule has 0 saturated heterocycles. The summed E-state index contributed by atoms with van der Waals surface area (Å²) >= 11 is 0. The zero-order valence-electron chi connectivity index (χ0n) is 12.3. The van der Waals surface area contributed by atoms with Crippen molar-refractivity contribution in [2.24, 2.45) is 17.8 Å². The monoisotopic (exact) mass is 267 g/mol. The van der Waals surface area contributed by atoms with E-state index in [4.69, 9.17) is 5.11 Å². The van der Waals surface area contributed by atoms with Crippen LogP contribution >= 0.6 is 0 Å². The van der Waals surface area contributed by atoms with Crippen LogP contribution in [0.25, 0.3) is 0 Å². The number of nitrogens with zero attached hydrogens (tertiary/aromatic N) is 1. The number of aliphatic hydroxyl groups is 1. The third-order valence-corrected chi connectivity index (χ3v) is 5.21. The van der Waals surface area contributed by atoms with Gasteiger partial charge in [-0.05, 0) is 50.4 Å². The van der Waals surface area contributed by atoms with Crippen LogP contribution < -0.4 is 0 Å². The Labute approximate surface area is 117 Å². The molecule has 110 valence electrons. The minimum atomic E-state index is 0.251. The van der Waals surface area contributed by atoms with Gasteiger partial charge in [0.1, 0.15) is 0 Å². The lowest BCUT2D eigenvalue weighted by Gasteiger charge is -2.32. The third-order valence-electron chi connectivity index (χ3n) is 5.21. The number of hydrogen-bond donors (Lipinski definition) is 1. The molecule has 0 radical (unpaired) electrons. The fourth-order valence-corrected chi connectivity index (χ4v) is 3.46. The molecule has 0 heterocycles. The van der Waals surface area contributed by atoms with Crippen LogP contribution in [-0.2, 0) is 4.79 Å². The molecule has 2 aliphatic carbocycles. The average Bonchev–Trinajstić information content (AvgIpc) is 2.37. The minimum absolute atomic E-state index is 0.251. The van der Waals surface area contributed by atoms with E-state index in [1.165, 1.54) is 25.7 Å². The van der Waals surface area contributed by atoms with E-state index in [0.29, 0.717) is 18.4 Å². The van der Waals surface area contributed by atoms with E-state index < -0.39 is 0 Å². The van der Waals surface area contributed by atoms with Gasteiger partial charge in [-0.15, -0.1) is 0 Å². The van der Waals surface area contributed by atoms with Crippen LogP contribution in [0.3, 0.4) is 0 Å². The van der Waals surface area contributed by atoms with E-state index in [-0.39, 0.29) is 5.92 Å². The summed E-state index contributed by atoms with van der Waals surface area (Å²) in [6, 6.07) is 0. The first kappa shape index (κ1) is 14.8. The summed E-state index contributed by atoms with van der Waals surface area (Å²) in [5.74, 6) is 2.15. The molecule has 2 rings (SSSR count). The van der Waals surface area contributed by atoms with Crippen molar-refractivity contribution in [3.63, 3.8) is 0 Å². The van der Waals surface area contributed by atoms with Gasteiger partial charge < -0.3 is 10.0 Å². The second-order valence-corrected chi connectivity index (χ2v) is 6.58. The Morgan fingerprint density at radius 2 is 1.68 bits per heavy atom. The first-order valence-corrected chi connectivity index (χ1v) is 8.06. The van der Waals surface area contributed by atoms with Gasteiger partial charge in [0.05, 0.1) is 0 Å². The quantitative estimate of drug-likeness (QED) is 0.804. The highest BCUT2D eigenvalue weighted by atomic mass is 16.3. The lowest BCUT2D eigenvalue weighted by molar-refractivity contribution is -0.135. The van der Waals surface area contributed by atoms with Crippen molar-refractivity contribution in [1.82, 2.24) is 4.90 Å². The number of aliphatic hydroxyl groups excluding tert-OH is 1. The van der Waals surface area contributed by atoms with Crippen molar-refractivity contribution in [3.8, 4) is 0 Å². The van der Waals surface area contributed by atoms with E-state index in [1.807, 2.05) is 11.9 Å². The van der Waals surface area contributed by atoms with Gasteiger partial charge in [-0.25, -0.2) is 0 Å². The minimum Gasteiger partial charge on any atom is -0.396 e. The van der Waals surface area contributed by atoms with Crippen LogP contribution in [0.2, 0.25) is 0 Å². The van der Waals surface area contributed by atoms with E-state index in [2.05, 4.69) is 0 Å². The van der Waals surface area contributed by atoms with Crippen LogP contribution in [0, 0.1) is 17.8 Å². The second-order valence-electron chi connectivity index (χ2n) is 6.58. The molecule has 2 saturated carbocycles. The molecule has 0 aromatic carbocycles. The maximum atomic E-state index is 12.4. The Morgan fingerprint density at radius 1 is 1.05 bits per heavy atom. The van der Waals surface area contributed by atoms with E-state index >= 15 is 0 Å². The van der Waals surface area contributed by atoms with Gasteiger partial charge >= 0.3 is 0 Å². The Hall–Kier alpha value is -0.570. The van der Waals surface area contributed by atoms with Gasteiger partial charge in [-0.2, -0.15) is 0 Å². The van der Waals surface area contributed by atoms with Crippen LogP contribution in [0.5, 0.6) is 0 Å². The van der Waals surface area contributed by atoms with Crippen molar-refractivity contribution < 1.29 is 9.90 Å². The molecule has 1 amide bonds. The number of hydrogen-bond acceptors (Lipinski definition) is 2. The van der Waals surface area contributed by atoms with Gasteiger partial charge in [-0.3, -0.25) is 4.79 Å². The molecule has 0 unspecified atom stereocenters. The number of rotatable bonds is 6. The first-order chi connectivity index (χ1) is 9.20. The Balaban J connectivity index is 1.67. The zero-order chi connectivity index (χ0) is 13.7. The standard InChI is InChI=1S/C16H29NO2/c1-17(11-9-13-3-2-4-13)16(19)15-7-5-14(6-8-15)10-12-18/h13-15,18H,2-12H2,1H3. The number of carbonyl (C=O) groups excluding carboxylic acids is 1. The molecule has 0 spiro atoms. The largest absolute Gasteiger partial charge is 0.396 e. The van der Waals surface area contributed by atoms with Crippen molar-refractivity contribution >= 4 is 5.91 Å². The zero-order valence-corrected chi connectivity index (χ0v) is 12.3. The lowest BCUT2D eigenvalue weighted by Crippen LogP contribution is -2.36. The second kappa shape index (κ2) is 7.28. The predicted molar refractivity (Wildman–Crippen MR) is 76.7 cm³/mol. The van der Waals surface area contributed by atoms with Crippen molar-refractivity contribution in [3.05, 3.63) is 0 Å². The van der Waals surface area contributed by atoms with Gasteiger partial charge in [0.25, 0.3) is 0 Å². The molecule has 0 atom stereocenters. The highest BCUT2D eigenvalue weighted by molar-refractivity contribution is 5.78. The molecule has 3 heteroatoms. The molecule has 1 N–H and O–H groups in total. The summed E-state index contributed by atoms with van der Waals surface area (Å²) < 4.78 is 0. The van der Waals surface area contributed by atoms with Crippen LogP contribution in [0.4, 0.5) is 0 Å². The molecular formula is C16H29NO2. The van der Waals surface area contributed by atoms with Gasteiger partial charge in [-0.1, -0.05) is 19.3 Å². The molecule has 19 heavy (non-hydrogen) atoms. The van der Waals surface area contributed by atoms with Gasteiger partial charge in [0, 0.05) is 26.1 Å². The Bertz CT molecular complexity index is 280. The summed E-state index contributed by atoms with van der Waals surface area (Å²) in [6.45, 7) is 1.24. The molecular weight excluding hydrogens is 238 g/mol. The Morgan fingerprint density at radius 3 is 2.21 bits per heavy atom. The third kappa shape index (κ3) is 4.20. The summed E-state index contributed by atoms with van der Waals surface area (Å²) in [5.41, 5.74) is 0. The highest BCUT2D eigenvalue weighted by Crippen LogP contribution is 2.32. The fourth-order valence-electron chi connectivity index (χ4n) is 3.46.